The average molecular weight is 313 g/mol. The fourth-order valence-corrected chi connectivity index (χ4v) is 2.65. The molecule has 1 aliphatic heterocycles. The molecule has 3 heterocycles. The van der Waals surface area contributed by atoms with Gasteiger partial charge in [-0.1, -0.05) is 0 Å². The molecule has 0 saturated carbocycles. The molecule has 23 heavy (non-hydrogen) atoms. The molecule has 1 saturated heterocycles. The van der Waals surface area contributed by atoms with E-state index in [0.29, 0.717) is 13.1 Å². The molecule has 6 nitrogen and oxygen atoms in total. The minimum Gasteiger partial charge on any atom is -0.489 e. The Kier molecular flexibility index (Phi) is 4.41. The lowest BCUT2D eigenvalue weighted by Crippen LogP contribution is -2.43. The maximum Gasteiger partial charge on any atom is 0.260 e. The Bertz CT molecular complexity index is 731. The quantitative estimate of drug-likeness (QED) is 0.937. The van der Waals surface area contributed by atoms with Gasteiger partial charge in [0.05, 0.1) is 6.20 Å². The third-order valence-corrected chi connectivity index (χ3v) is 3.96. The van der Waals surface area contributed by atoms with Crippen LogP contribution >= 0.6 is 0 Å². The summed E-state index contributed by atoms with van der Waals surface area (Å²) in [5, 5.41) is 0. The summed E-state index contributed by atoms with van der Waals surface area (Å²) in [4.78, 5) is 32.5. The van der Waals surface area contributed by atoms with E-state index in [1.807, 2.05) is 19.1 Å². The van der Waals surface area contributed by atoms with Crippen LogP contribution in [0.3, 0.4) is 0 Å². The Labute approximate surface area is 134 Å². The number of nitrogens with zero attached hydrogens (tertiary/aromatic N) is 2. The van der Waals surface area contributed by atoms with Gasteiger partial charge in [-0.25, -0.2) is 0 Å². The van der Waals surface area contributed by atoms with E-state index in [0.717, 1.165) is 24.3 Å². The van der Waals surface area contributed by atoms with E-state index < -0.39 is 0 Å². The van der Waals surface area contributed by atoms with Crippen molar-refractivity contribution in [1.82, 2.24) is 14.9 Å². The van der Waals surface area contributed by atoms with Gasteiger partial charge in [-0.2, -0.15) is 0 Å². The highest BCUT2D eigenvalue weighted by Gasteiger charge is 2.25. The number of carbonyl (C=O) groups excluding carboxylic acids is 1. The lowest BCUT2D eigenvalue weighted by atomic mass is 10.1. The molecule has 0 radical (unpaired) electrons. The summed E-state index contributed by atoms with van der Waals surface area (Å²) >= 11 is 0. The molecule has 1 aliphatic rings. The van der Waals surface area contributed by atoms with Crippen molar-refractivity contribution in [1.29, 1.82) is 0 Å². The number of pyridine rings is 2. The molecule has 0 bridgehead atoms. The Balaban J connectivity index is 1.58. The standard InChI is InChI=1S/C17H19N3O3/c1-12-4-5-14(11-19-12)23-13-6-9-20(10-7-13)17(22)15-3-2-8-18-16(15)21/h2-5,8,11,13H,6-7,9-10H2,1H3,(H,18,21). The van der Waals surface area contributed by atoms with Crippen LogP contribution in [-0.2, 0) is 0 Å². The van der Waals surface area contributed by atoms with Gasteiger partial charge in [0.15, 0.2) is 0 Å². The minimum absolute atomic E-state index is 0.0672. The maximum atomic E-state index is 12.4. The Morgan fingerprint density at radius 2 is 2.09 bits per heavy atom. The van der Waals surface area contributed by atoms with Crippen molar-refractivity contribution in [2.75, 3.05) is 13.1 Å². The number of aromatic amines is 1. The number of aromatic nitrogens is 2. The first-order chi connectivity index (χ1) is 11.1. The summed E-state index contributed by atoms with van der Waals surface area (Å²) in [7, 11) is 0. The molecular weight excluding hydrogens is 294 g/mol. The predicted molar refractivity (Wildman–Crippen MR) is 85.6 cm³/mol. The van der Waals surface area contributed by atoms with Crippen molar-refractivity contribution in [2.24, 2.45) is 0 Å². The summed E-state index contributed by atoms with van der Waals surface area (Å²) in [5.74, 6) is 0.530. The normalized spacial score (nSPS) is 15.4. The number of nitrogens with one attached hydrogen (secondary N) is 1. The van der Waals surface area contributed by atoms with E-state index in [1.165, 1.54) is 6.20 Å². The maximum absolute atomic E-state index is 12.4. The van der Waals surface area contributed by atoms with Crippen molar-refractivity contribution in [2.45, 2.75) is 25.9 Å². The molecule has 0 aliphatic carbocycles. The van der Waals surface area contributed by atoms with Crippen LogP contribution in [0, 0.1) is 6.92 Å². The Morgan fingerprint density at radius 3 is 2.74 bits per heavy atom. The zero-order chi connectivity index (χ0) is 16.2. The number of amides is 1. The molecule has 1 fully saturated rings. The molecule has 6 heteroatoms. The lowest BCUT2D eigenvalue weighted by molar-refractivity contribution is 0.0593. The highest BCUT2D eigenvalue weighted by molar-refractivity contribution is 5.93. The van der Waals surface area contributed by atoms with Gasteiger partial charge < -0.3 is 14.6 Å². The van der Waals surface area contributed by atoms with E-state index in [9.17, 15) is 9.59 Å². The largest absolute Gasteiger partial charge is 0.489 e. The van der Waals surface area contributed by atoms with Crippen LogP contribution in [0.1, 0.15) is 28.9 Å². The second kappa shape index (κ2) is 6.64. The summed E-state index contributed by atoms with van der Waals surface area (Å²) in [6.45, 7) is 3.09. The van der Waals surface area contributed by atoms with Crippen molar-refractivity contribution in [3.05, 3.63) is 58.3 Å². The number of carbonyl (C=O) groups is 1. The third kappa shape index (κ3) is 3.59. The van der Waals surface area contributed by atoms with Gasteiger partial charge >= 0.3 is 0 Å². The van der Waals surface area contributed by atoms with Crippen LogP contribution in [0.5, 0.6) is 5.75 Å². The molecule has 1 amide bonds. The summed E-state index contributed by atoms with van der Waals surface area (Å²) < 4.78 is 5.90. The van der Waals surface area contributed by atoms with Crippen molar-refractivity contribution in [3.8, 4) is 5.75 Å². The van der Waals surface area contributed by atoms with Gasteiger partial charge in [-0.15, -0.1) is 0 Å². The van der Waals surface area contributed by atoms with E-state index in [4.69, 9.17) is 4.74 Å². The first-order valence-electron chi connectivity index (χ1n) is 7.70. The predicted octanol–water partition coefficient (Wildman–Crippen LogP) is 1.76. The number of aryl methyl sites for hydroxylation is 1. The Morgan fingerprint density at radius 1 is 1.30 bits per heavy atom. The molecular formula is C17H19N3O3. The van der Waals surface area contributed by atoms with Crippen LogP contribution in [-0.4, -0.2) is 40.0 Å². The second-order valence-corrected chi connectivity index (χ2v) is 5.66. The molecule has 1 N–H and O–H groups in total. The summed E-state index contributed by atoms with van der Waals surface area (Å²) in [6, 6.07) is 7.04. The number of rotatable bonds is 3. The van der Waals surface area contributed by atoms with Gasteiger partial charge in [0.25, 0.3) is 11.5 Å². The zero-order valence-corrected chi connectivity index (χ0v) is 13.0. The van der Waals surface area contributed by atoms with E-state index >= 15 is 0 Å². The monoisotopic (exact) mass is 313 g/mol. The number of hydrogen-bond acceptors (Lipinski definition) is 4. The molecule has 120 valence electrons. The first-order valence-corrected chi connectivity index (χ1v) is 7.70. The van der Waals surface area contributed by atoms with Crippen LogP contribution in [0.4, 0.5) is 0 Å². The molecule has 0 unspecified atom stereocenters. The molecule has 3 rings (SSSR count). The first kappa shape index (κ1) is 15.3. The second-order valence-electron chi connectivity index (χ2n) is 5.66. The number of ether oxygens (including phenoxy) is 1. The van der Waals surface area contributed by atoms with Crippen LogP contribution in [0.15, 0.2) is 41.5 Å². The highest BCUT2D eigenvalue weighted by Crippen LogP contribution is 2.19. The highest BCUT2D eigenvalue weighted by atomic mass is 16.5. The van der Waals surface area contributed by atoms with E-state index in [-0.39, 0.29) is 23.1 Å². The van der Waals surface area contributed by atoms with Gasteiger partial charge in [0.2, 0.25) is 0 Å². The molecule has 0 atom stereocenters. The van der Waals surface area contributed by atoms with Gasteiger partial charge in [-0.3, -0.25) is 14.6 Å². The van der Waals surface area contributed by atoms with Gasteiger partial charge in [0, 0.05) is 37.8 Å². The molecule has 2 aromatic rings. The molecule has 2 aromatic heterocycles. The fraction of sp³-hybridized carbons (Fsp3) is 0.353. The van der Waals surface area contributed by atoms with Crippen molar-refractivity contribution in [3.63, 3.8) is 0 Å². The van der Waals surface area contributed by atoms with Crippen LogP contribution in [0.2, 0.25) is 0 Å². The smallest absolute Gasteiger partial charge is 0.260 e. The van der Waals surface area contributed by atoms with Crippen molar-refractivity contribution >= 4 is 5.91 Å². The zero-order valence-electron chi connectivity index (χ0n) is 13.0. The summed E-state index contributed by atoms with van der Waals surface area (Å²) in [5.41, 5.74) is 0.794. The number of piperidine rings is 1. The lowest BCUT2D eigenvalue weighted by Gasteiger charge is -2.32. The molecule has 0 spiro atoms. The molecule has 0 aromatic carbocycles. The fourth-order valence-electron chi connectivity index (χ4n) is 2.65. The van der Waals surface area contributed by atoms with Crippen LogP contribution in [0.25, 0.3) is 0 Å². The van der Waals surface area contributed by atoms with Crippen LogP contribution < -0.4 is 10.3 Å². The van der Waals surface area contributed by atoms with Crippen molar-refractivity contribution < 1.29 is 9.53 Å². The topological polar surface area (TPSA) is 75.3 Å². The number of likely N-dealkylation sites (tertiary alicyclic amines) is 1. The van der Waals surface area contributed by atoms with E-state index in [2.05, 4.69) is 9.97 Å². The van der Waals surface area contributed by atoms with Gasteiger partial charge in [0.1, 0.15) is 17.4 Å². The Hall–Kier alpha value is -2.63. The number of hydrogen-bond donors (Lipinski definition) is 1. The SMILES string of the molecule is Cc1ccc(OC2CCN(C(=O)c3ccc[nH]c3=O)CC2)cn1. The third-order valence-electron chi connectivity index (χ3n) is 3.96. The minimum atomic E-state index is -0.346. The van der Waals surface area contributed by atoms with Gasteiger partial charge in [-0.05, 0) is 31.2 Å². The summed E-state index contributed by atoms with van der Waals surface area (Å²) in [6.07, 6.45) is 4.79. The average Bonchev–Trinajstić information content (AvgIpc) is 2.57. The number of H-pyrrole nitrogens is 1. The van der Waals surface area contributed by atoms with E-state index in [1.54, 1.807) is 23.2 Å².